The van der Waals surface area contributed by atoms with Crippen molar-refractivity contribution in [1.29, 1.82) is 0 Å². The molecule has 8 heteroatoms. The second-order valence-corrected chi connectivity index (χ2v) is 6.74. The van der Waals surface area contributed by atoms with Crippen LogP contribution in [-0.2, 0) is 9.53 Å². The van der Waals surface area contributed by atoms with E-state index in [9.17, 15) is 9.59 Å². The molecule has 3 heterocycles. The highest BCUT2D eigenvalue weighted by atomic mass is 16.5. The summed E-state index contributed by atoms with van der Waals surface area (Å²) in [5.41, 5.74) is 2.75. The maximum absolute atomic E-state index is 13.1. The van der Waals surface area contributed by atoms with E-state index < -0.39 is 0 Å². The Morgan fingerprint density at radius 3 is 2.61 bits per heavy atom. The lowest BCUT2D eigenvalue weighted by atomic mass is 10.0. The second-order valence-electron chi connectivity index (χ2n) is 6.74. The highest BCUT2D eigenvalue weighted by molar-refractivity contribution is 6.06. The van der Waals surface area contributed by atoms with Gasteiger partial charge in [0.05, 0.1) is 29.4 Å². The van der Waals surface area contributed by atoms with Crippen LogP contribution in [0.15, 0.2) is 21.1 Å². The first-order valence-electron chi connectivity index (χ1n) is 8.98. The quantitative estimate of drug-likeness (QED) is 0.599. The minimum absolute atomic E-state index is 0.192. The molecule has 1 amide bonds. The fraction of sp³-hybridized carbons (Fsp3) is 0.400. The van der Waals surface area contributed by atoms with Gasteiger partial charge in [0, 0.05) is 25.6 Å². The van der Waals surface area contributed by atoms with Gasteiger partial charge in [-0.2, -0.15) is 0 Å². The van der Waals surface area contributed by atoms with Gasteiger partial charge in [-0.1, -0.05) is 5.16 Å². The number of hydrogen-bond donors (Lipinski definition) is 0. The highest BCUT2D eigenvalue weighted by Crippen LogP contribution is 2.30. The average molecular weight is 385 g/mol. The number of carbonyl (C=O) groups excluding carboxylic acids is 2. The van der Waals surface area contributed by atoms with Crippen LogP contribution in [0.4, 0.5) is 0 Å². The summed E-state index contributed by atoms with van der Waals surface area (Å²) in [5.74, 6) is 0.985. The lowest BCUT2D eigenvalue weighted by molar-refractivity contribution is -0.140. The van der Waals surface area contributed by atoms with Crippen LogP contribution in [0.1, 0.15) is 40.4 Å². The van der Waals surface area contributed by atoms with E-state index in [0.717, 1.165) is 11.3 Å². The molecule has 0 aliphatic heterocycles. The van der Waals surface area contributed by atoms with Gasteiger partial charge >= 0.3 is 5.97 Å². The normalized spacial score (nSPS) is 11.0. The molecule has 0 radical (unpaired) electrons. The van der Waals surface area contributed by atoms with Gasteiger partial charge in [0.1, 0.15) is 11.5 Å². The molecule has 3 aromatic heterocycles. The van der Waals surface area contributed by atoms with Crippen molar-refractivity contribution in [1.82, 2.24) is 15.0 Å². The first kappa shape index (κ1) is 19.6. The maximum atomic E-state index is 13.1. The van der Waals surface area contributed by atoms with E-state index in [1.54, 1.807) is 24.9 Å². The smallest absolute Gasteiger partial charge is 0.305 e. The molecule has 28 heavy (non-hydrogen) atoms. The first-order chi connectivity index (χ1) is 13.3. The van der Waals surface area contributed by atoms with Gasteiger partial charge in [0.15, 0.2) is 0 Å². The predicted octanol–water partition coefficient (Wildman–Crippen LogP) is 3.43. The molecular weight excluding hydrogens is 362 g/mol. The van der Waals surface area contributed by atoms with E-state index in [2.05, 4.69) is 14.9 Å². The van der Waals surface area contributed by atoms with E-state index >= 15 is 0 Å². The Balaban J connectivity index is 1.96. The van der Waals surface area contributed by atoms with Gasteiger partial charge in [0.2, 0.25) is 0 Å². The summed E-state index contributed by atoms with van der Waals surface area (Å²) in [7, 11) is 3.04. The number of ether oxygens (including phenoxy) is 1. The Bertz CT molecular complexity index is 1030. The van der Waals surface area contributed by atoms with Crippen LogP contribution in [0.2, 0.25) is 0 Å². The van der Waals surface area contributed by atoms with E-state index in [1.165, 1.54) is 7.11 Å². The zero-order chi connectivity index (χ0) is 20.4. The van der Waals surface area contributed by atoms with Crippen molar-refractivity contribution in [3.05, 3.63) is 34.9 Å². The van der Waals surface area contributed by atoms with Crippen LogP contribution in [-0.4, -0.2) is 47.6 Å². The SMILES string of the molecule is COC(=O)CCCN(C)C(=O)c1cc(-c2cc(C)oc2C)nc2onc(C)c12. The third-order valence-electron chi connectivity index (χ3n) is 4.61. The van der Waals surface area contributed by atoms with Crippen LogP contribution in [0.25, 0.3) is 22.4 Å². The van der Waals surface area contributed by atoms with Crippen LogP contribution in [0.3, 0.4) is 0 Å². The molecule has 0 aliphatic carbocycles. The third kappa shape index (κ3) is 3.76. The van der Waals surface area contributed by atoms with Gasteiger partial charge in [0.25, 0.3) is 11.6 Å². The maximum Gasteiger partial charge on any atom is 0.305 e. The number of esters is 1. The summed E-state index contributed by atoms with van der Waals surface area (Å²) >= 11 is 0. The van der Waals surface area contributed by atoms with Crippen molar-refractivity contribution in [3.8, 4) is 11.3 Å². The van der Waals surface area contributed by atoms with Crippen LogP contribution >= 0.6 is 0 Å². The number of aromatic nitrogens is 2. The lowest BCUT2D eigenvalue weighted by Gasteiger charge is -2.17. The lowest BCUT2D eigenvalue weighted by Crippen LogP contribution is -2.28. The summed E-state index contributed by atoms with van der Waals surface area (Å²) in [6.45, 7) is 5.89. The van der Waals surface area contributed by atoms with Gasteiger partial charge < -0.3 is 18.6 Å². The van der Waals surface area contributed by atoms with E-state index in [4.69, 9.17) is 8.94 Å². The topological polar surface area (TPSA) is 98.7 Å². The summed E-state index contributed by atoms with van der Waals surface area (Å²) in [6.07, 6.45) is 0.767. The number of hydrogen-bond acceptors (Lipinski definition) is 7. The van der Waals surface area contributed by atoms with Gasteiger partial charge in [-0.05, 0) is 39.3 Å². The van der Waals surface area contributed by atoms with Gasteiger partial charge in [-0.25, -0.2) is 4.98 Å². The molecule has 8 nitrogen and oxygen atoms in total. The Kier molecular flexibility index (Phi) is 5.48. The van der Waals surface area contributed by atoms with Gasteiger partial charge in [-0.3, -0.25) is 9.59 Å². The molecule has 0 bridgehead atoms. The molecule has 0 spiro atoms. The number of aryl methyl sites for hydroxylation is 3. The number of fused-ring (bicyclic) bond motifs is 1. The van der Waals surface area contributed by atoms with E-state index in [0.29, 0.717) is 46.8 Å². The molecule has 0 unspecified atom stereocenters. The Labute approximate surface area is 162 Å². The molecule has 3 aromatic rings. The molecule has 0 saturated heterocycles. The summed E-state index contributed by atoms with van der Waals surface area (Å²) < 4.78 is 15.6. The minimum atomic E-state index is -0.296. The van der Waals surface area contributed by atoms with E-state index in [1.807, 2.05) is 19.9 Å². The Morgan fingerprint density at radius 2 is 1.96 bits per heavy atom. The van der Waals surface area contributed by atoms with Crippen molar-refractivity contribution in [2.45, 2.75) is 33.6 Å². The molecule has 0 atom stereocenters. The van der Waals surface area contributed by atoms with E-state index in [-0.39, 0.29) is 18.3 Å². The van der Waals surface area contributed by atoms with Crippen LogP contribution in [0.5, 0.6) is 0 Å². The zero-order valence-corrected chi connectivity index (χ0v) is 16.7. The fourth-order valence-corrected chi connectivity index (χ4v) is 3.16. The van der Waals surface area contributed by atoms with Crippen molar-refractivity contribution in [3.63, 3.8) is 0 Å². The summed E-state index contributed by atoms with van der Waals surface area (Å²) in [5, 5.41) is 4.55. The number of nitrogens with zero attached hydrogens (tertiary/aromatic N) is 3. The number of pyridine rings is 1. The summed E-state index contributed by atoms with van der Waals surface area (Å²) in [6, 6.07) is 3.62. The number of methoxy groups -OCH3 is 1. The van der Waals surface area contributed by atoms with Crippen molar-refractivity contribution < 1.29 is 23.3 Å². The minimum Gasteiger partial charge on any atom is -0.469 e. The highest BCUT2D eigenvalue weighted by Gasteiger charge is 2.23. The number of carbonyl (C=O) groups is 2. The molecule has 3 rings (SSSR count). The largest absolute Gasteiger partial charge is 0.469 e. The predicted molar refractivity (Wildman–Crippen MR) is 102 cm³/mol. The molecule has 0 saturated carbocycles. The van der Waals surface area contributed by atoms with Crippen molar-refractivity contribution in [2.75, 3.05) is 20.7 Å². The Hall–Kier alpha value is -3.16. The van der Waals surface area contributed by atoms with Crippen molar-refractivity contribution in [2.24, 2.45) is 0 Å². The van der Waals surface area contributed by atoms with Crippen molar-refractivity contribution >= 4 is 23.0 Å². The summed E-state index contributed by atoms with van der Waals surface area (Å²) in [4.78, 5) is 30.5. The molecule has 148 valence electrons. The fourth-order valence-electron chi connectivity index (χ4n) is 3.16. The number of furan rings is 1. The average Bonchev–Trinajstić information content (AvgIpc) is 3.21. The molecular formula is C20H23N3O5. The van der Waals surface area contributed by atoms with Crippen LogP contribution in [0, 0.1) is 20.8 Å². The van der Waals surface area contributed by atoms with Gasteiger partial charge in [-0.15, -0.1) is 0 Å². The zero-order valence-electron chi connectivity index (χ0n) is 16.7. The molecule has 0 fully saturated rings. The second kappa shape index (κ2) is 7.84. The number of rotatable bonds is 6. The van der Waals surface area contributed by atoms with Crippen LogP contribution < -0.4 is 0 Å². The standard InChI is InChI=1S/C20H23N3O5/c1-11-9-14(13(3)27-11)16-10-15(18-12(2)22-28-19(18)21-16)20(25)23(4)8-6-7-17(24)26-5/h9-10H,6-8H2,1-5H3. The third-order valence-corrected chi connectivity index (χ3v) is 4.61. The molecule has 0 N–H and O–H groups in total. The monoisotopic (exact) mass is 385 g/mol. The Morgan fingerprint density at radius 1 is 1.21 bits per heavy atom. The molecule has 0 aliphatic rings. The molecule has 0 aromatic carbocycles. The first-order valence-corrected chi connectivity index (χ1v) is 8.98. The number of amides is 1.